The minimum Gasteiger partial charge on any atom is -0.440 e. The van der Waals surface area contributed by atoms with Gasteiger partial charge in [0.15, 0.2) is 17.4 Å². The lowest BCUT2D eigenvalue weighted by molar-refractivity contribution is 0.135. The van der Waals surface area contributed by atoms with E-state index in [1.54, 1.807) is 48.5 Å². The molecule has 28 heavy (non-hydrogen) atoms. The van der Waals surface area contributed by atoms with Gasteiger partial charge in [-0.2, -0.15) is 0 Å². The van der Waals surface area contributed by atoms with Crippen molar-refractivity contribution < 1.29 is 18.3 Å². The zero-order valence-corrected chi connectivity index (χ0v) is 15.5. The fourth-order valence-electron chi connectivity index (χ4n) is 3.27. The molecule has 6 nitrogen and oxygen atoms in total. The van der Waals surface area contributed by atoms with Crippen molar-refractivity contribution in [3.8, 4) is 17.1 Å². The number of nitrogens with zero attached hydrogens (tertiary/aromatic N) is 3. The van der Waals surface area contributed by atoms with Gasteiger partial charge in [-0.1, -0.05) is 0 Å². The Balaban J connectivity index is 1.36. The van der Waals surface area contributed by atoms with Gasteiger partial charge in [-0.25, -0.2) is 14.2 Å². The average Bonchev–Trinajstić information content (AvgIpc) is 3.20. The first-order chi connectivity index (χ1) is 13.6. The van der Waals surface area contributed by atoms with E-state index in [-0.39, 0.29) is 17.8 Å². The fraction of sp³-hybridized carbons (Fsp3) is 0.286. The monoisotopic (exact) mass is 381 g/mol. The topological polar surface area (TPSA) is 68.5 Å². The first kappa shape index (κ1) is 18.2. The lowest BCUT2D eigenvalue weighted by Gasteiger charge is -2.29. The normalized spacial score (nSPS) is 14.9. The van der Waals surface area contributed by atoms with Crippen LogP contribution in [-0.4, -0.2) is 34.1 Å². The Kier molecular flexibility index (Phi) is 5.06. The van der Waals surface area contributed by atoms with Crippen LogP contribution in [-0.2, 0) is 0 Å². The molecule has 1 saturated heterocycles. The summed E-state index contributed by atoms with van der Waals surface area (Å²) in [7, 11) is 0. The van der Waals surface area contributed by atoms with Gasteiger partial charge < -0.3 is 14.1 Å². The van der Waals surface area contributed by atoms with Crippen LogP contribution in [0.25, 0.3) is 11.3 Å². The van der Waals surface area contributed by atoms with Crippen molar-refractivity contribution in [1.29, 1.82) is 0 Å². The minimum absolute atomic E-state index is 0.137. The molecule has 0 unspecified atom stereocenters. The third-order valence-corrected chi connectivity index (χ3v) is 4.91. The molecule has 0 aliphatic carbocycles. The van der Waals surface area contributed by atoms with Crippen LogP contribution in [0, 0.1) is 12.7 Å². The van der Waals surface area contributed by atoms with Crippen LogP contribution in [0.1, 0.15) is 30.3 Å². The molecular formula is C21H20FN3O3. The van der Waals surface area contributed by atoms with Gasteiger partial charge in [-0.3, -0.25) is 4.98 Å². The molecule has 1 amide bonds. The summed E-state index contributed by atoms with van der Waals surface area (Å²) in [5.74, 6) is 1.59. The van der Waals surface area contributed by atoms with Crippen molar-refractivity contribution in [2.75, 3.05) is 13.1 Å². The summed E-state index contributed by atoms with van der Waals surface area (Å²) in [5, 5.41) is 0. The quantitative estimate of drug-likeness (QED) is 0.665. The first-order valence-corrected chi connectivity index (χ1v) is 9.20. The largest absolute Gasteiger partial charge is 0.440 e. The molecular weight excluding hydrogens is 361 g/mol. The van der Waals surface area contributed by atoms with E-state index in [9.17, 15) is 9.18 Å². The number of aromatic nitrogens is 2. The summed E-state index contributed by atoms with van der Waals surface area (Å²) >= 11 is 0. The van der Waals surface area contributed by atoms with E-state index in [0.29, 0.717) is 36.2 Å². The van der Waals surface area contributed by atoms with Crippen LogP contribution < -0.4 is 4.74 Å². The van der Waals surface area contributed by atoms with Crippen molar-refractivity contribution in [2.24, 2.45) is 0 Å². The molecule has 0 atom stereocenters. The number of carbonyl (C=O) groups is 1. The number of likely N-dealkylation sites (tertiary alicyclic amines) is 1. The maximum atomic E-state index is 13.1. The van der Waals surface area contributed by atoms with Crippen LogP contribution in [0.5, 0.6) is 5.75 Å². The molecule has 144 valence electrons. The zero-order valence-electron chi connectivity index (χ0n) is 15.5. The number of ether oxygens (including phenoxy) is 1. The number of benzene rings is 1. The number of pyridine rings is 1. The first-order valence-electron chi connectivity index (χ1n) is 9.20. The van der Waals surface area contributed by atoms with Gasteiger partial charge >= 0.3 is 6.09 Å². The summed E-state index contributed by atoms with van der Waals surface area (Å²) in [5.41, 5.74) is 1.46. The van der Waals surface area contributed by atoms with Crippen molar-refractivity contribution in [2.45, 2.75) is 25.7 Å². The van der Waals surface area contributed by atoms with Gasteiger partial charge in [-0.15, -0.1) is 0 Å². The van der Waals surface area contributed by atoms with E-state index in [1.807, 2.05) is 0 Å². The van der Waals surface area contributed by atoms with Crippen LogP contribution in [0.4, 0.5) is 9.18 Å². The summed E-state index contributed by atoms with van der Waals surface area (Å²) in [6, 6.07) is 9.59. The van der Waals surface area contributed by atoms with Gasteiger partial charge in [0, 0.05) is 30.8 Å². The Morgan fingerprint density at radius 2 is 1.93 bits per heavy atom. The van der Waals surface area contributed by atoms with E-state index in [2.05, 4.69) is 9.97 Å². The molecule has 7 heteroatoms. The molecule has 1 aliphatic heterocycles. The molecule has 1 aliphatic rings. The van der Waals surface area contributed by atoms with Crippen molar-refractivity contribution in [1.82, 2.24) is 14.9 Å². The highest BCUT2D eigenvalue weighted by Gasteiger charge is 2.28. The molecule has 1 aromatic carbocycles. The van der Waals surface area contributed by atoms with Crippen LogP contribution in [0.15, 0.2) is 53.2 Å². The van der Waals surface area contributed by atoms with E-state index in [1.165, 1.54) is 12.1 Å². The average molecular weight is 381 g/mol. The number of halogens is 1. The number of oxazole rings is 1. The van der Waals surface area contributed by atoms with Gasteiger partial charge in [0.05, 0.1) is 11.9 Å². The van der Waals surface area contributed by atoms with Crippen molar-refractivity contribution >= 4 is 6.09 Å². The van der Waals surface area contributed by atoms with Gasteiger partial charge in [0.25, 0.3) is 0 Å². The zero-order chi connectivity index (χ0) is 19.5. The number of amides is 1. The highest BCUT2D eigenvalue weighted by molar-refractivity contribution is 5.71. The van der Waals surface area contributed by atoms with Gasteiger partial charge in [0.2, 0.25) is 0 Å². The van der Waals surface area contributed by atoms with Gasteiger partial charge in [0.1, 0.15) is 5.82 Å². The maximum absolute atomic E-state index is 13.1. The molecule has 0 saturated carbocycles. The third kappa shape index (κ3) is 3.88. The predicted octanol–water partition coefficient (Wildman–Crippen LogP) is 4.56. The fourth-order valence-corrected chi connectivity index (χ4v) is 3.27. The Morgan fingerprint density at radius 3 is 2.64 bits per heavy atom. The Bertz CT molecular complexity index is 963. The predicted molar refractivity (Wildman–Crippen MR) is 100 cm³/mol. The summed E-state index contributed by atoms with van der Waals surface area (Å²) in [4.78, 5) is 22.6. The van der Waals surface area contributed by atoms with Crippen LogP contribution in [0.2, 0.25) is 0 Å². The van der Waals surface area contributed by atoms with Crippen LogP contribution >= 0.6 is 0 Å². The highest BCUT2D eigenvalue weighted by atomic mass is 19.1. The molecule has 3 heterocycles. The summed E-state index contributed by atoms with van der Waals surface area (Å²) in [6.45, 7) is 2.93. The second-order valence-corrected chi connectivity index (χ2v) is 6.79. The Morgan fingerprint density at radius 1 is 1.18 bits per heavy atom. The molecule has 0 spiro atoms. The standard InChI is InChI=1S/C21H20FN3O3/c1-14-18(3-2-10-23-14)28-21(26)25-11-8-16(9-12-25)20-24-13-19(27-20)15-4-6-17(22)7-5-15/h2-7,10,13,16H,8-9,11-12H2,1H3. The Labute approximate surface area is 162 Å². The molecule has 0 N–H and O–H groups in total. The number of hydrogen-bond donors (Lipinski definition) is 0. The third-order valence-electron chi connectivity index (χ3n) is 4.91. The summed E-state index contributed by atoms with van der Waals surface area (Å²) in [6.07, 6.45) is 4.44. The SMILES string of the molecule is Cc1ncccc1OC(=O)N1CCC(c2ncc(-c3ccc(F)cc3)o2)CC1. The second-order valence-electron chi connectivity index (χ2n) is 6.79. The Hall–Kier alpha value is -3.22. The van der Waals surface area contributed by atoms with E-state index < -0.39 is 0 Å². The molecule has 1 fully saturated rings. The number of hydrogen-bond acceptors (Lipinski definition) is 5. The van der Waals surface area contributed by atoms with E-state index in [0.717, 1.165) is 18.4 Å². The minimum atomic E-state index is -0.367. The van der Waals surface area contributed by atoms with Crippen molar-refractivity contribution in [3.05, 3.63) is 66.2 Å². The number of aryl methyl sites for hydroxylation is 1. The summed E-state index contributed by atoms with van der Waals surface area (Å²) < 4.78 is 24.4. The van der Waals surface area contributed by atoms with Gasteiger partial charge in [-0.05, 0) is 56.2 Å². The smallest absolute Gasteiger partial charge is 0.415 e. The van der Waals surface area contributed by atoms with Crippen molar-refractivity contribution in [3.63, 3.8) is 0 Å². The molecule has 2 aromatic heterocycles. The van der Waals surface area contributed by atoms with E-state index in [4.69, 9.17) is 9.15 Å². The maximum Gasteiger partial charge on any atom is 0.415 e. The molecule has 0 bridgehead atoms. The van der Waals surface area contributed by atoms with E-state index >= 15 is 0 Å². The second kappa shape index (κ2) is 7.80. The number of piperidine rings is 1. The highest BCUT2D eigenvalue weighted by Crippen LogP contribution is 2.31. The molecule has 4 rings (SSSR count). The number of carbonyl (C=O) groups excluding carboxylic acids is 1. The lowest BCUT2D eigenvalue weighted by Crippen LogP contribution is -2.39. The molecule has 3 aromatic rings. The molecule has 0 radical (unpaired) electrons. The van der Waals surface area contributed by atoms with Crippen LogP contribution in [0.3, 0.4) is 0 Å². The lowest BCUT2D eigenvalue weighted by atomic mass is 9.97. The number of rotatable bonds is 3.